The Morgan fingerprint density at radius 3 is 2.05 bits per heavy atom. The molecule has 0 fully saturated rings. The molecule has 0 aromatic heterocycles. The summed E-state index contributed by atoms with van der Waals surface area (Å²) >= 11 is 0. The predicted octanol–water partition coefficient (Wildman–Crippen LogP) is 5.65. The van der Waals surface area contributed by atoms with E-state index in [-0.39, 0.29) is 22.4 Å². The van der Waals surface area contributed by atoms with E-state index in [0.29, 0.717) is 5.56 Å². The van der Waals surface area contributed by atoms with E-state index in [9.17, 15) is 24.5 Å². The number of anilines is 1. The zero-order valence-electron chi connectivity index (χ0n) is 19.7. The van der Waals surface area contributed by atoms with Gasteiger partial charge in [-0.2, -0.15) is 0 Å². The third-order valence-electron chi connectivity index (χ3n) is 6.20. The zero-order valence-corrected chi connectivity index (χ0v) is 19.7. The normalized spacial score (nSPS) is 12.5. The number of nitrogens with zero attached hydrogens (tertiary/aromatic N) is 2. The van der Waals surface area contributed by atoms with Gasteiger partial charge >= 0.3 is 5.97 Å². The summed E-state index contributed by atoms with van der Waals surface area (Å²) in [6, 6.07) is 27.0. The Labute approximate surface area is 211 Å². The van der Waals surface area contributed by atoms with E-state index in [1.807, 2.05) is 60.7 Å². The molecule has 0 radical (unpaired) electrons. The Morgan fingerprint density at radius 2 is 1.46 bits per heavy atom. The lowest BCUT2D eigenvalue weighted by molar-refractivity contribution is -0.385. The van der Waals surface area contributed by atoms with Crippen molar-refractivity contribution < 1.29 is 24.0 Å². The molecule has 182 valence electrons. The standard InChI is InChI=1S/C29H20N2O6/c1-18-15-16-21(29(34)37-26(19-9-4-2-5-10-19)20-11-6-3-7-12-20)17-24(18)30-27(32)22-13-8-14-23(31(35)36)25(22)28(30)33/h2-17,26H,1H3. The highest BCUT2D eigenvalue weighted by atomic mass is 16.6. The summed E-state index contributed by atoms with van der Waals surface area (Å²) in [4.78, 5) is 51.3. The number of benzene rings is 4. The molecule has 0 aliphatic carbocycles. The number of esters is 1. The molecule has 1 aliphatic heterocycles. The number of ether oxygens (including phenoxy) is 1. The number of imide groups is 1. The SMILES string of the molecule is Cc1ccc(C(=O)OC(c2ccccc2)c2ccccc2)cc1N1C(=O)c2cccc([N+](=O)[O-])c2C1=O. The first kappa shape index (κ1) is 23.6. The van der Waals surface area contributed by atoms with Crippen LogP contribution in [-0.2, 0) is 4.74 Å². The molecular weight excluding hydrogens is 472 g/mol. The molecule has 0 spiro atoms. The molecule has 0 unspecified atom stereocenters. The van der Waals surface area contributed by atoms with Crippen LogP contribution in [0.4, 0.5) is 11.4 Å². The molecule has 0 N–H and O–H groups in total. The third-order valence-corrected chi connectivity index (χ3v) is 6.20. The lowest BCUT2D eigenvalue weighted by Gasteiger charge is -2.20. The van der Waals surface area contributed by atoms with Gasteiger partial charge in [0.25, 0.3) is 17.5 Å². The van der Waals surface area contributed by atoms with Crippen LogP contribution in [0.25, 0.3) is 0 Å². The molecule has 8 nitrogen and oxygen atoms in total. The van der Waals surface area contributed by atoms with Gasteiger partial charge in [0.15, 0.2) is 6.10 Å². The fourth-order valence-electron chi connectivity index (χ4n) is 4.38. The van der Waals surface area contributed by atoms with E-state index in [4.69, 9.17) is 4.74 Å². The molecule has 1 heterocycles. The minimum atomic E-state index is -0.813. The first-order valence-electron chi connectivity index (χ1n) is 11.4. The fraction of sp³-hybridized carbons (Fsp3) is 0.0690. The number of carbonyl (C=O) groups is 3. The molecule has 0 atom stereocenters. The van der Waals surface area contributed by atoms with Crippen molar-refractivity contribution in [3.8, 4) is 0 Å². The summed E-state index contributed by atoms with van der Waals surface area (Å²) in [5.41, 5.74) is 1.62. The topological polar surface area (TPSA) is 107 Å². The number of aryl methyl sites for hydroxylation is 1. The van der Waals surface area contributed by atoms with Crippen LogP contribution in [0.3, 0.4) is 0 Å². The largest absolute Gasteiger partial charge is 0.449 e. The van der Waals surface area contributed by atoms with E-state index in [1.165, 1.54) is 24.3 Å². The van der Waals surface area contributed by atoms with Crippen LogP contribution in [-0.4, -0.2) is 22.7 Å². The minimum Gasteiger partial charge on any atom is -0.449 e. The monoisotopic (exact) mass is 492 g/mol. The van der Waals surface area contributed by atoms with Gasteiger partial charge in [0.2, 0.25) is 0 Å². The van der Waals surface area contributed by atoms with Gasteiger partial charge in [-0.15, -0.1) is 0 Å². The molecule has 5 rings (SSSR count). The predicted molar refractivity (Wildman–Crippen MR) is 136 cm³/mol. The van der Waals surface area contributed by atoms with E-state index >= 15 is 0 Å². The number of nitro groups is 1. The van der Waals surface area contributed by atoms with Crippen molar-refractivity contribution in [1.29, 1.82) is 0 Å². The number of rotatable bonds is 6. The van der Waals surface area contributed by atoms with Crippen LogP contribution in [0.15, 0.2) is 97.1 Å². The number of hydrogen-bond acceptors (Lipinski definition) is 6. The second-order valence-electron chi connectivity index (χ2n) is 8.51. The molecule has 0 saturated carbocycles. The maximum atomic E-state index is 13.3. The van der Waals surface area contributed by atoms with Crippen LogP contribution in [0.1, 0.15) is 53.9 Å². The second kappa shape index (κ2) is 9.50. The quantitative estimate of drug-likeness (QED) is 0.149. The Morgan fingerprint density at radius 1 is 0.838 bits per heavy atom. The first-order chi connectivity index (χ1) is 17.9. The van der Waals surface area contributed by atoms with Crippen LogP contribution in [0.5, 0.6) is 0 Å². The van der Waals surface area contributed by atoms with Crippen molar-refractivity contribution in [3.05, 3.63) is 141 Å². The minimum absolute atomic E-state index is 0.0557. The molecule has 1 aliphatic rings. The summed E-state index contributed by atoms with van der Waals surface area (Å²) in [5.74, 6) is -2.15. The van der Waals surface area contributed by atoms with E-state index in [0.717, 1.165) is 16.0 Å². The first-order valence-corrected chi connectivity index (χ1v) is 11.4. The maximum absolute atomic E-state index is 13.3. The number of nitro benzene ring substituents is 1. The third kappa shape index (κ3) is 4.25. The Hall–Kier alpha value is -5.11. The second-order valence-corrected chi connectivity index (χ2v) is 8.51. The molecule has 0 bridgehead atoms. The van der Waals surface area contributed by atoms with Crippen molar-refractivity contribution in [2.75, 3.05) is 4.90 Å². The van der Waals surface area contributed by atoms with Gasteiger partial charge < -0.3 is 4.74 Å². The Kier molecular flexibility index (Phi) is 6.07. The van der Waals surface area contributed by atoms with Crippen molar-refractivity contribution in [1.82, 2.24) is 0 Å². The van der Waals surface area contributed by atoms with Crippen LogP contribution in [0.2, 0.25) is 0 Å². The molecule has 2 amide bonds. The highest BCUT2D eigenvalue weighted by Gasteiger charge is 2.42. The van der Waals surface area contributed by atoms with Crippen molar-refractivity contribution >= 4 is 29.2 Å². The van der Waals surface area contributed by atoms with E-state index in [2.05, 4.69) is 0 Å². The fourth-order valence-corrected chi connectivity index (χ4v) is 4.38. The van der Waals surface area contributed by atoms with Gasteiger partial charge in [-0.1, -0.05) is 72.8 Å². The van der Waals surface area contributed by atoms with Gasteiger partial charge in [0.05, 0.1) is 21.7 Å². The number of hydrogen-bond donors (Lipinski definition) is 0. The van der Waals surface area contributed by atoms with Crippen molar-refractivity contribution in [2.24, 2.45) is 0 Å². The lowest BCUT2D eigenvalue weighted by atomic mass is 10.0. The van der Waals surface area contributed by atoms with E-state index < -0.39 is 34.5 Å². The lowest BCUT2D eigenvalue weighted by Crippen LogP contribution is -2.30. The Bertz CT molecular complexity index is 1510. The van der Waals surface area contributed by atoms with Gasteiger partial charge in [0.1, 0.15) is 5.56 Å². The van der Waals surface area contributed by atoms with Crippen molar-refractivity contribution in [3.63, 3.8) is 0 Å². The van der Waals surface area contributed by atoms with Gasteiger partial charge in [-0.05, 0) is 41.8 Å². The highest BCUT2D eigenvalue weighted by molar-refractivity contribution is 6.36. The van der Waals surface area contributed by atoms with Gasteiger partial charge in [-0.3, -0.25) is 19.7 Å². The van der Waals surface area contributed by atoms with Crippen LogP contribution < -0.4 is 4.90 Å². The summed E-state index contributed by atoms with van der Waals surface area (Å²) < 4.78 is 5.92. The summed E-state index contributed by atoms with van der Waals surface area (Å²) in [6.07, 6.45) is -0.679. The van der Waals surface area contributed by atoms with E-state index in [1.54, 1.807) is 19.1 Å². The number of fused-ring (bicyclic) bond motifs is 1. The molecule has 37 heavy (non-hydrogen) atoms. The maximum Gasteiger partial charge on any atom is 0.339 e. The van der Waals surface area contributed by atoms with Crippen LogP contribution in [0, 0.1) is 17.0 Å². The van der Waals surface area contributed by atoms with Crippen molar-refractivity contribution in [2.45, 2.75) is 13.0 Å². The molecule has 0 saturated heterocycles. The average Bonchev–Trinajstić information content (AvgIpc) is 3.18. The summed E-state index contributed by atoms with van der Waals surface area (Å²) in [5, 5.41) is 11.5. The molecular formula is C29H20N2O6. The number of amides is 2. The smallest absolute Gasteiger partial charge is 0.339 e. The summed E-state index contributed by atoms with van der Waals surface area (Å²) in [7, 11) is 0. The van der Waals surface area contributed by atoms with Gasteiger partial charge in [-0.25, -0.2) is 9.69 Å². The number of carbonyl (C=O) groups excluding carboxylic acids is 3. The highest BCUT2D eigenvalue weighted by Crippen LogP contribution is 2.36. The molecule has 8 heteroatoms. The van der Waals surface area contributed by atoms with Gasteiger partial charge in [0, 0.05) is 6.07 Å². The van der Waals surface area contributed by atoms with Crippen LogP contribution >= 0.6 is 0 Å². The Balaban J connectivity index is 1.50. The molecule has 4 aromatic carbocycles. The average molecular weight is 492 g/mol. The zero-order chi connectivity index (χ0) is 26.1. The molecule has 4 aromatic rings. The summed E-state index contributed by atoms with van der Waals surface area (Å²) in [6.45, 7) is 1.68.